The third-order valence-corrected chi connectivity index (χ3v) is 3.13. The van der Waals surface area contributed by atoms with Crippen molar-refractivity contribution in [3.8, 4) is 0 Å². The zero-order valence-corrected chi connectivity index (χ0v) is 13.3. The largest absolute Gasteiger partial charge is 0.462 e. The van der Waals surface area contributed by atoms with E-state index >= 15 is 0 Å². The van der Waals surface area contributed by atoms with Crippen LogP contribution in [0.4, 0.5) is 16.2 Å². The minimum absolute atomic E-state index is 0.338. The summed E-state index contributed by atoms with van der Waals surface area (Å²) in [6.07, 6.45) is 0.782. The standard InChI is InChI=1S/C18H20N2O3/c1-3-12-23-17(21)14-6-10-16(11-7-14)20-18(22)19-15-8-4-13(2)5-9-15/h4-11H,3,12H2,1-2H3,(H2,19,20,22). The van der Waals surface area contributed by atoms with Crippen LogP contribution in [0.2, 0.25) is 0 Å². The number of rotatable bonds is 5. The summed E-state index contributed by atoms with van der Waals surface area (Å²) in [6.45, 7) is 4.32. The minimum Gasteiger partial charge on any atom is -0.462 e. The molecule has 0 bridgehead atoms. The smallest absolute Gasteiger partial charge is 0.338 e. The van der Waals surface area contributed by atoms with E-state index in [1.807, 2.05) is 38.1 Å². The van der Waals surface area contributed by atoms with Gasteiger partial charge in [0.15, 0.2) is 0 Å². The van der Waals surface area contributed by atoms with Gasteiger partial charge in [0.2, 0.25) is 0 Å². The van der Waals surface area contributed by atoms with Crippen molar-refractivity contribution in [1.82, 2.24) is 0 Å². The van der Waals surface area contributed by atoms with Gasteiger partial charge in [-0.05, 0) is 49.7 Å². The van der Waals surface area contributed by atoms with Gasteiger partial charge in [-0.15, -0.1) is 0 Å². The first-order chi connectivity index (χ1) is 11.1. The third-order valence-electron chi connectivity index (χ3n) is 3.13. The van der Waals surface area contributed by atoms with Crippen molar-refractivity contribution in [2.24, 2.45) is 0 Å². The van der Waals surface area contributed by atoms with Gasteiger partial charge in [-0.2, -0.15) is 0 Å². The molecule has 2 amide bonds. The summed E-state index contributed by atoms with van der Waals surface area (Å²) in [5.41, 5.74) is 2.90. The van der Waals surface area contributed by atoms with E-state index in [0.717, 1.165) is 12.0 Å². The number of carbonyl (C=O) groups is 2. The van der Waals surface area contributed by atoms with Crippen molar-refractivity contribution in [1.29, 1.82) is 0 Å². The van der Waals surface area contributed by atoms with Gasteiger partial charge in [-0.25, -0.2) is 9.59 Å². The van der Waals surface area contributed by atoms with Crippen molar-refractivity contribution >= 4 is 23.4 Å². The Kier molecular flexibility index (Phi) is 5.74. The molecule has 5 heteroatoms. The molecule has 0 radical (unpaired) electrons. The summed E-state index contributed by atoms with van der Waals surface area (Å²) in [4.78, 5) is 23.6. The maximum atomic E-state index is 11.9. The van der Waals surface area contributed by atoms with Crippen LogP contribution in [0, 0.1) is 6.92 Å². The van der Waals surface area contributed by atoms with Crippen LogP contribution >= 0.6 is 0 Å². The van der Waals surface area contributed by atoms with Crippen LogP contribution in [0.15, 0.2) is 48.5 Å². The first-order valence-electron chi connectivity index (χ1n) is 7.50. The summed E-state index contributed by atoms with van der Waals surface area (Å²) in [5.74, 6) is -0.359. The molecule has 0 aromatic heterocycles. The topological polar surface area (TPSA) is 67.4 Å². The number of hydrogen-bond acceptors (Lipinski definition) is 3. The lowest BCUT2D eigenvalue weighted by Crippen LogP contribution is -2.19. The molecule has 0 saturated carbocycles. The number of urea groups is 1. The Balaban J connectivity index is 1.91. The fraction of sp³-hybridized carbons (Fsp3) is 0.222. The van der Waals surface area contributed by atoms with E-state index in [1.165, 1.54) is 0 Å². The molecule has 0 unspecified atom stereocenters. The molecule has 0 fully saturated rings. The second-order valence-electron chi connectivity index (χ2n) is 5.16. The highest BCUT2D eigenvalue weighted by atomic mass is 16.5. The Hall–Kier alpha value is -2.82. The maximum Gasteiger partial charge on any atom is 0.338 e. The van der Waals surface area contributed by atoms with E-state index in [4.69, 9.17) is 4.74 Å². The molecule has 0 aliphatic rings. The van der Waals surface area contributed by atoms with E-state index in [9.17, 15) is 9.59 Å². The van der Waals surface area contributed by atoms with Gasteiger partial charge in [0.1, 0.15) is 0 Å². The normalized spacial score (nSPS) is 10.0. The lowest BCUT2D eigenvalue weighted by atomic mass is 10.2. The van der Waals surface area contributed by atoms with Gasteiger partial charge in [-0.3, -0.25) is 0 Å². The average Bonchev–Trinajstić information content (AvgIpc) is 2.55. The van der Waals surface area contributed by atoms with Crippen LogP contribution in [-0.4, -0.2) is 18.6 Å². The SMILES string of the molecule is CCCOC(=O)c1ccc(NC(=O)Nc2ccc(C)cc2)cc1. The van der Waals surface area contributed by atoms with E-state index in [1.54, 1.807) is 24.3 Å². The Morgan fingerprint density at radius 1 is 0.913 bits per heavy atom. The molecule has 0 heterocycles. The lowest BCUT2D eigenvalue weighted by molar-refractivity contribution is 0.0505. The van der Waals surface area contributed by atoms with Crippen molar-refractivity contribution in [2.75, 3.05) is 17.2 Å². The molecule has 23 heavy (non-hydrogen) atoms. The summed E-state index contributed by atoms with van der Waals surface area (Å²) >= 11 is 0. The number of aryl methyl sites for hydroxylation is 1. The predicted molar refractivity (Wildman–Crippen MR) is 90.8 cm³/mol. The molecule has 5 nitrogen and oxygen atoms in total. The van der Waals surface area contributed by atoms with Crippen LogP contribution in [0.1, 0.15) is 29.3 Å². The van der Waals surface area contributed by atoms with Crippen LogP contribution in [-0.2, 0) is 4.74 Å². The molecular formula is C18H20N2O3. The number of nitrogens with one attached hydrogen (secondary N) is 2. The molecule has 0 spiro atoms. The first kappa shape index (κ1) is 16.5. The predicted octanol–water partition coefficient (Wildman–Crippen LogP) is 4.21. The number of carbonyl (C=O) groups excluding carboxylic acids is 2. The van der Waals surface area contributed by atoms with Gasteiger partial charge < -0.3 is 15.4 Å². The zero-order chi connectivity index (χ0) is 16.7. The van der Waals surface area contributed by atoms with E-state index in [2.05, 4.69) is 10.6 Å². The van der Waals surface area contributed by atoms with Crippen LogP contribution in [0.25, 0.3) is 0 Å². The molecule has 2 N–H and O–H groups in total. The van der Waals surface area contributed by atoms with Crippen molar-refractivity contribution < 1.29 is 14.3 Å². The summed E-state index contributed by atoms with van der Waals surface area (Å²) in [6, 6.07) is 13.8. The van der Waals surface area contributed by atoms with Gasteiger partial charge >= 0.3 is 12.0 Å². The van der Waals surface area contributed by atoms with E-state index < -0.39 is 0 Å². The highest BCUT2D eigenvalue weighted by Crippen LogP contribution is 2.13. The Morgan fingerprint density at radius 3 is 1.96 bits per heavy atom. The number of amides is 2. The second kappa shape index (κ2) is 7.98. The Morgan fingerprint density at radius 2 is 1.43 bits per heavy atom. The van der Waals surface area contributed by atoms with Gasteiger partial charge in [-0.1, -0.05) is 24.6 Å². The highest BCUT2D eigenvalue weighted by Gasteiger charge is 2.07. The van der Waals surface area contributed by atoms with Gasteiger partial charge in [0.05, 0.1) is 12.2 Å². The molecule has 120 valence electrons. The molecule has 0 atom stereocenters. The van der Waals surface area contributed by atoms with Crippen LogP contribution in [0.3, 0.4) is 0 Å². The second-order valence-corrected chi connectivity index (χ2v) is 5.16. The minimum atomic E-state index is -0.359. The summed E-state index contributed by atoms with van der Waals surface area (Å²) < 4.78 is 5.05. The maximum absolute atomic E-state index is 11.9. The van der Waals surface area contributed by atoms with Crippen molar-refractivity contribution in [3.63, 3.8) is 0 Å². The van der Waals surface area contributed by atoms with E-state index in [0.29, 0.717) is 23.5 Å². The molecule has 0 aliphatic carbocycles. The fourth-order valence-corrected chi connectivity index (χ4v) is 1.90. The molecule has 2 aromatic carbocycles. The number of benzene rings is 2. The first-order valence-corrected chi connectivity index (χ1v) is 7.50. The molecule has 2 rings (SSSR count). The Bertz CT molecular complexity index is 664. The number of hydrogen-bond donors (Lipinski definition) is 2. The van der Waals surface area contributed by atoms with Crippen LogP contribution < -0.4 is 10.6 Å². The number of esters is 1. The van der Waals surface area contributed by atoms with E-state index in [-0.39, 0.29) is 12.0 Å². The average molecular weight is 312 g/mol. The monoisotopic (exact) mass is 312 g/mol. The lowest BCUT2D eigenvalue weighted by Gasteiger charge is -2.08. The quantitative estimate of drug-likeness (QED) is 0.813. The summed E-state index contributed by atoms with van der Waals surface area (Å²) in [5, 5.41) is 5.45. The van der Waals surface area contributed by atoms with Crippen molar-refractivity contribution in [3.05, 3.63) is 59.7 Å². The highest BCUT2D eigenvalue weighted by molar-refractivity contribution is 6.00. The number of ether oxygens (including phenoxy) is 1. The molecule has 0 aliphatic heterocycles. The van der Waals surface area contributed by atoms with Crippen molar-refractivity contribution in [2.45, 2.75) is 20.3 Å². The fourth-order valence-electron chi connectivity index (χ4n) is 1.90. The third kappa shape index (κ3) is 5.14. The van der Waals surface area contributed by atoms with Gasteiger partial charge in [0.25, 0.3) is 0 Å². The number of anilines is 2. The molecular weight excluding hydrogens is 292 g/mol. The van der Waals surface area contributed by atoms with Crippen LogP contribution in [0.5, 0.6) is 0 Å². The molecule has 2 aromatic rings. The molecule has 0 saturated heterocycles. The summed E-state index contributed by atoms with van der Waals surface area (Å²) in [7, 11) is 0. The zero-order valence-electron chi connectivity index (χ0n) is 13.3. The van der Waals surface area contributed by atoms with Gasteiger partial charge in [0, 0.05) is 11.4 Å². The Labute approximate surface area is 135 Å².